The SMILES string of the molecule is COc1ccc(Cl)cc1NC(=O)C1=NN(c2ccc(C)cc2)C(=O)CC1. The van der Waals surface area contributed by atoms with E-state index in [1.165, 1.54) is 12.1 Å². The van der Waals surface area contributed by atoms with Gasteiger partial charge in [-0.1, -0.05) is 29.3 Å². The minimum absolute atomic E-state index is 0.147. The number of carbonyl (C=O) groups is 2. The monoisotopic (exact) mass is 371 g/mol. The molecule has 134 valence electrons. The van der Waals surface area contributed by atoms with Gasteiger partial charge in [-0.3, -0.25) is 9.59 Å². The van der Waals surface area contributed by atoms with Gasteiger partial charge in [-0.05, 0) is 37.3 Å². The summed E-state index contributed by atoms with van der Waals surface area (Å²) in [5, 5.41) is 8.75. The fraction of sp³-hybridized carbons (Fsp3) is 0.211. The summed E-state index contributed by atoms with van der Waals surface area (Å²) in [6, 6.07) is 12.3. The van der Waals surface area contributed by atoms with E-state index in [-0.39, 0.29) is 24.5 Å². The molecular weight excluding hydrogens is 354 g/mol. The Balaban J connectivity index is 1.85. The molecule has 0 aromatic heterocycles. The number of ether oxygens (including phenoxy) is 1. The molecule has 1 aliphatic rings. The molecule has 7 heteroatoms. The number of hydrazone groups is 1. The van der Waals surface area contributed by atoms with Crippen molar-refractivity contribution in [3.05, 3.63) is 53.1 Å². The Morgan fingerprint density at radius 3 is 2.62 bits per heavy atom. The van der Waals surface area contributed by atoms with Crippen molar-refractivity contribution in [1.82, 2.24) is 0 Å². The topological polar surface area (TPSA) is 71.0 Å². The molecule has 0 saturated carbocycles. The average molecular weight is 372 g/mol. The van der Waals surface area contributed by atoms with Gasteiger partial charge in [-0.25, -0.2) is 5.01 Å². The number of methoxy groups -OCH3 is 1. The predicted octanol–water partition coefficient (Wildman–Crippen LogP) is 3.78. The number of halogens is 1. The molecule has 6 nitrogen and oxygen atoms in total. The van der Waals surface area contributed by atoms with Crippen LogP contribution >= 0.6 is 11.6 Å². The Kier molecular flexibility index (Phi) is 5.23. The van der Waals surface area contributed by atoms with Gasteiger partial charge in [0.2, 0.25) is 5.91 Å². The number of nitrogens with one attached hydrogen (secondary N) is 1. The molecular formula is C19H18ClN3O3. The van der Waals surface area contributed by atoms with E-state index in [1.807, 2.05) is 19.1 Å². The normalized spacial score (nSPS) is 14.0. The molecule has 0 fully saturated rings. The largest absolute Gasteiger partial charge is 0.495 e. The first-order chi connectivity index (χ1) is 12.5. The highest BCUT2D eigenvalue weighted by atomic mass is 35.5. The van der Waals surface area contributed by atoms with Crippen LogP contribution in [0.1, 0.15) is 18.4 Å². The summed E-state index contributed by atoms with van der Waals surface area (Å²) in [7, 11) is 1.51. The Labute approximate surface area is 156 Å². The van der Waals surface area contributed by atoms with E-state index in [2.05, 4.69) is 10.4 Å². The Morgan fingerprint density at radius 2 is 1.92 bits per heavy atom. The summed E-state index contributed by atoms with van der Waals surface area (Å²) >= 11 is 5.99. The van der Waals surface area contributed by atoms with Gasteiger partial charge < -0.3 is 10.1 Å². The summed E-state index contributed by atoms with van der Waals surface area (Å²) < 4.78 is 5.23. The molecule has 26 heavy (non-hydrogen) atoms. The van der Waals surface area contributed by atoms with Crippen molar-refractivity contribution in [1.29, 1.82) is 0 Å². The van der Waals surface area contributed by atoms with Gasteiger partial charge in [0.25, 0.3) is 5.91 Å². The van der Waals surface area contributed by atoms with Crippen molar-refractivity contribution in [2.75, 3.05) is 17.4 Å². The van der Waals surface area contributed by atoms with Gasteiger partial charge in [0.05, 0.1) is 18.5 Å². The van der Waals surface area contributed by atoms with E-state index in [4.69, 9.17) is 16.3 Å². The van der Waals surface area contributed by atoms with Crippen LogP contribution in [0.5, 0.6) is 5.75 Å². The highest BCUT2D eigenvalue weighted by Gasteiger charge is 2.26. The molecule has 0 saturated heterocycles. The minimum Gasteiger partial charge on any atom is -0.495 e. The third-order valence-electron chi connectivity index (χ3n) is 3.98. The predicted molar refractivity (Wildman–Crippen MR) is 102 cm³/mol. The van der Waals surface area contributed by atoms with Crippen molar-refractivity contribution in [3.63, 3.8) is 0 Å². The van der Waals surface area contributed by atoms with E-state index in [1.54, 1.807) is 30.3 Å². The van der Waals surface area contributed by atoms with Gasteiger partial charge >= 0.3 is 0 Å². The molecule has 0 atom stereocenters. The molecule has 0 spiro atoms. The first kappa shape index (κ1) is 17.9. The molecule has 2 aromatic carbocycles. The molecule has 0 unspecified atom stereocenters. The van der Waals surface area contributed by atoms with E-state index in [0.29, 0.717) is 22.1 Å². The average Bonchev–Trinajstić information content (AvgIpc) is 2.63. The number of nitrogens with zero attached hydrogens (tertiary/aromatic N) is 2. The van der Waals surface area contributed by atoms with Gasteiger partial charge in [0.15, 0.2) is 0 Å². The molecule has 1 heterocycles. The number of carbonyl (C=O) groups excluding carboxylic acids is 2. The van der Waals surface area contributed by atoms with E-state index >= 15 is 0 Å². The summed E-state index contributed by atoms with van der Waals surface area (Å²) in [6.07, 6.45) is 0.489. The van der Waals surface area contributed by atoms with Crippen LogP contribution in [-0.2, 0) is 9.59 Å². The molecule has 0 bridgehead atoms. The van der Waals surface area contributed by atoms with Crippen LogP contribution in [0, 0.1) is 6.92 Å². The summed E-state index contributed by atoms with van der Waals surface area (Å²) in [4.78, 5) is 24.8. The highest BCUT2D eigenvalue weighted by molar-refractivity contribution is 6.44. The third kappa shape index (κ3) is 3.86. The molecule has 0 aliphatic carbocycles. The number of benzene rings is 2. The maximum atomic E-state index is 12.6. The van der Waals surface area contributed by atoms with Crippen LogP contribution in [0.4, 0.5) is 11.4 Å². The zero-order valence-electron chi connectivity index (χ0n) is 14.5. The van der Waals surface area contributed by atoms with E-state index in [0.717, 1.165) is 5.56 Å². The number of amides is 2. The number of rotatable bonds is 4. The molecule has 3 rings (SSSR count). The van der Waals surface area contributed by atoms with Gasteiger partial charge in [-0.15, -0.1) is 0 Å². The fourth-order valence-electron chi connectivity index (χ4n) is 2.58. The van der Waals surface area contributed by atoms with Gasteiger partial charge in [0.1, 0.15) is 11.5 Å². The van der Waals surface area contributed by atoms with Crippen LogP contribution in [0.25, 0.3) is 0 Å². The standard InChI is InChI=1S/C19H18ClN3O3/c1-12-3-6-14(7-4-12)23-18(24)10-8-15(22-23)19(25)21-16-11-13(20)5-9-17(16)26-2/h3-7,9,11H,8,10H2,1-2H3,(H,21,25). The van der Waals surface area contributed by atoms with Crippen molar-refractivity contribution < 1.29 is 14.3 Å². The Morgan fingerprint density at radius 1 is 1.19 bits per heavy atom. The lowest BCUT2D eigenvalue weighted by atomic mass is 10.1. The second kappa shape index (κ2) is 7.58. The Bertz CT molecular complexity index is 878. The second-order valence-electron chi connectivity index (χ2n) is 5.89. The summed E-state index contributed by atoms with van der Waals surface area (Å²) in [6.45, 7) is 1.96. The molecule has 2 amide bonds. The van der Waals surface area contributed by atoms with Crippen LogP contribution < -0.4 is 15.1 Å². The van der Waals surface area contributed by atoms with Crippen molar-refractivity contribution in [2.45, 2.75) is 19.8 Å². The first-order valence-electron chi connectivity index (χ1n) is 8.10. The molecule has 1 aliphatic heterocycles. The quantitative estimate of drug-likeness (QED) is 0.889. The highest BCUT2D eigenvalue weighted by Crippen LogP contribution is 2.28. The van der Waals surface area contributed by atoms with Gasteiger partial charge in [0, 0.05) is 17.9 Å². The smallest absolute Gasteiger partial charge is 0.271 e. The van der Waals surface area contributed by atoms with E-state index in [9.17, 15) is 9.59 Å². The number of aryl methyl sites for hydroxylation is 1. The minimum atomic E-state index is -0.393. The van der Waals surface area contributed by atoms with Crippen molar-refractivity contribution in [3.8, 4) is 5.75 Å². The van der Waals surface area contributed by atoms with Crippen LogP contribution in [0.2, 0.25) is 5.02 Å². The lowest BCUT2D eigenvalue weighted by Gasteiger charge is -2.23. The van der Waals surface area contributed by atoms with Crippen molar-refractivity contribution in [2.24, 2.45) is 5.10 Å². The fourth-order valence-corrected chi connectivity index (χ4v) is 2.75. The maximum absolute atomic E-state index is 12.6. The molecule has 2 aromatic rings. The first-order valence-corrected chi connectivity index (χ1v) is 8.47. The zero-order valence-corrected chi connectivity index (χ0v) is 15.2. The maximum Gasteiger partial charge on any atom is 0.271 e. The second-order valence-corrected chi connectivity index (χ2v) is 6.32. The van der Waals surface area contributed by atoms with Crippen molar-refractivity contribution >= 4 is 40.5 Å². The lowest BCUT2D eigenvalue weighted by molar-refractivity contribution is -0.118. The molecule has 0 radical (unpaired) electrons. The molecule has 1 N–H and O–H groups in total. The summed E-state index contributed by atoms with van der Waals surface area (Å²) in [5.41, 5.74) is 2.43. The van der Waals surface area contributed by atoms with Crippen LogP contribution in [0.15, 0.2) is 47.6 Å². The third-order valence-corrected chi connectivity index (χ3v) is 4.22. The van der Waals surface area contributed by atoms with Crippen LogP contribution in [-0.4, -0.2) is 24.6 Å². The van der Waals surface area contributed by atoms with Crippen LogP contribution in [0.3, 0.4) is 0 Å². The van der Waals surface area contributed by atoms with Gasteiger partial charge in [-0.2, -0.15) is 5.10 Å². The van der Waals surface area contributed by atoms with E-state index < -0.39 is 5.91 Å². The number of hydrogen-bond acceptors (Lipinski definition) is 4. The lowest BCUT2D eigenvalue weighted by Crippen LogP contribution is -2.36. The number of anilines is 2. The summed E-state index contributed by atoms with van der Waals surface area (Å²) in [5.74, 6) is -0.0495. The number of hydrogen-bond donors (Lipinski definition) is 1. The zero-order chi connectivity index (χ0) is 18.7. The Hall–Kier alpha value is -2.86.